The van der Waals surface area contributed by atoms with Gasteiger partial charge in [-0.1, -0.05) is 30.3 Å². The van der Waals surface area contributed by atoms with Crippen molar-refractivity contribution in [3.05, 3.63) is 59.9 Å². The molecule has 0 aromatic heterocycles. The minimum Gasteiger partial charge on any atom is -0.495 e. The zero-order valence-electron chi connectivity index (χ0n) is 18.5. The number of nitrogens with zero attached hydrogens (tertiary/aromatic N) is 2. The third-order valence-corrected chi connectivity index (χ3v) is 5.98. The number of rotatable bonds is 10. The Bertz CT molecular complexity index is 1060. The monoisotopic (exact) mass is 465 g/mol. The average Bonchev–Trinajstić information content (AvgIpc) is 2.75. The van der Waals surface area contributed by atoms with Gasteiger partial charge in [0.25, 0.3) is 0 Å². The van der Waals surface area contributed by atoms with Crippen LogP contribution in [0.3, 0.4) is 0 Å². The molecule has 32 heavy (non-hydrogen) atoms. The first-order chi connectivity index (χ1) is 15.1. The minimum absolute atomic E-state index is 0.183. The molecular formula is C22H28FN3O5S. The van der Waals surface area contributed by atoms with E-state index in [1.165, 1.54) is 38.3 Å². The van der Waals surface area contributed by atoms with Crippen molar-refractivity contribution in [3.8, 4) is 5.75 Å². The number of hydrogen-bond donors (Lipinski definition) is 1. The van der Waals surface area contributed by atoms with Crippen molar-refractivity contribution in [3.63, 3.8) is 0 Å². The highest BCUT2D eigenvalue weighted by Crippen LogP contribution is 2.29. The first-order valence-electron chi connectivity index (χ1n) is 10.0. The first-order valence-corrected chi connectivity index (χ1v) is 11.9. The van der Waals surface area contributed by atoms with Crippen molar-refractivity contribution < 1.29 is 27.1 Å². The van der Waals surface area contributed by atoms with E-state index in [9.17, 15) is 22.4 Å². The average molecular weight is 466 g/mol. The van der Waals surface area contributed by atoms with E-state index in [0.29, 0.717) is 6.54 Å². The van der Waals surface area contributed by atoms with E-state index in [4.69, 9.17) is 4.74 Å². The van der Waals surface area contributed by atoms with Crippen LogP contribution in [-0.2, 0) is 26.2 Å². The fourth-order valence-electron chi connectivity index (χ4n) is 3.15. The predicted octanol–water partition coefficient (Wildman–Crippen LogP) is 2.15. The molecule has 174 valence electrons. The highest BCUT2D eigenvalue weighted by atomic mass is 32.2. The Balaban J connectivity index is 2.44. The van der Waals surface area contributed by atoms with Gasteiger partial charge in [0.15, 0.2) is 0 Å². The third kappa shape index (κ3) is 6.19. The van der Waals surface area contributed by atoms with E-state index in [2.05, 4.69) is 5.32 Å². The normalized spacial score (nSPS) is 12.0. The first kappa shape index (κ1) is 25.1. The van der Waals surface area contributed by atoms with Crippen LogP contribution in [0.2, 0.25) is 0 Å². The van der Waals surface area contributed by atoms with E-state index in [-0.39, 0.29) is 23.5 Å². The third-order valence-electron chi connectivity index (χ3n) is 4.85. The molecule has 2 aromatic carbocycles. The Morgan fingerprint density at radius 1 is 1.12 bits per heavy atom. The number of halogens is 1. The summed E-state index contributed by atoms with van der Waals surface area (Å²) in [7, 11) is -2.49. The molecule has 0 fully saturated rings. The number of methoxy groups -OCH3 is 1. The topological polar surface area (TPSA) is 96.0 Å². The van der Waals surface area contributed by atoms with Crippen LogP contribution in [0.15, 0.2) is 48.5 Å². The second-order valence-corrected chi connectivity index (χ2v) is 9.03. The minimum atomic E-state index is -3.89. The van der Waals surface area contributed by atoms with Crippen LogP contribution >= 0.6 is 0 Å². The molecule has 1 N–H and O–H groups in total. The van der Waals surface area contributed by atoms with Gasteiger partial charge in [-0.15, -0.1) is 0 Å². The van der Waals surface area contributed by atoms with Crippen molar-refractivity contribution in [2.24, 2.45) is 0 Å². The van der Waals surface area contributed by atoms with Gasteiger partial charge >= 0.3 is 0 Å². The molecule has 0 radical (unpaired) electrons. The standard InChI is InChI=1S/C22H28FN3O5S/c1-5-24-22(28)16(2)25(14-17-10-6-7-11-18(17)23)21(27)15-26(32(4,29)30)19-12-8-9-13-20(19)31-3/h6-13,16H,5,14-15H2,1-4H3,(H,24,28)/t16-/m0/s1. The molecule has 0 aliphatic rings. The van der Waals surface area contributed by atoms with Gasteiger partial charge in [-0.2, -0.15) is 0 Å². The summed E-state index contributed by atoms with van der Waals surface area (Å²) >= 11 is 0. The van der Waals surface area contributed by atoms with E-state index >= 15 is 0 Å². The smallest absolute Gasteiger partial charge is 0.244 e. The van der Waals surface area contributed by atoms with Gasteiger partial charge in [0, 0.05) is 18.7 Å². The van der Waals surface area contributed by atoms with Gasteiger partial charge in [-0.05, 0) is 32.0 Å². The number of carbonyl (C=O) groups is 2. The van der Waals surface area contributed by atoms with Crippen LogP contribution in [-0.4, -0.2) is 57.6 Å². The summed E-state index contributed by atoms with van der Waals surface area (Å²) in [5.41, 5.74) is 0.391. The molecule has 2 amide bonds. The molecule has 0 spiro atoms. The van der Waals surface area contributed by atoms with Crippen LogP contribution in [0, 0.1) is 5.82 Å². The van der Waals surface area contributed by atoms with Crippen molar-refractivity contribution in [1.82, 2.24) is 10.2 Å². The Hall–Kier alpha value is -3.14. The SMILES string of the molecule is CCNC(=O)[C@H](C)N(Cc1ccccc1F)C(=O)CN(c1ccccc1OC)S(C)(=O)=O. The molecule has 2 aromatic rings. The molecule has 0 aliphatic carbocycles. The molecule has 0 unspecified atom stereocenters. The van der Waals surface area contributed by atoms with Crippen molar-refractivity contribution in [1.29, 1.82) is 0 Å². The fourth-order valence-corrected chi connectivity index (χ4v) is 4.00. The lowest BCUT2D eigenvalue weighted by molar-refractivity contribution is -0.139. The van der Waals surface area contributed by atoms with Crippen molar-refractivity contribution in [2.75, 3.05) is 30.8 Å². The lowest BCUT2D eigenvalue weighted by atomic mass is 10.1. The number of carbonyl (C=O) groups excluding carboxylic acids is 2. The van der Waals surface area contributed by atoms with Gasteiger partial charge in [-0.3, -0.25) is 13.9 Å². The number of anilines is 1. The molecule has 1 atom stereocenters. The summed E-state index contributed by atoms with van der Waals surface area (Å²) in [4.78, 5) is 26.9. The number of amides is 2. The number of hydrogen-bond acceptors (Lipinski definition) is 5. The van der Waals surface area contributed by atoms with Crippen molar-refractivity contribution in [2.45, 2.75) is 26.4 Å². The summed E-state index contributed by atoms with van der Waals surface area (Å²) in [6.07, 6.45) is 0.973. The van der Waals surface area contributed by atoms with Gasteiger partial charge in [-0.25, -0.2) is 12.8 Å². The summed E-state index contributed by atoms with van der Waals surface area (Å²) < 4.78 is 45.5. The van der Waals surface area contributed by atoms with Crippen molar-refractivity contribution >= 4 is 27.5 Å². The molecule has 2 rings (SSSR count). The molecule has 0 saturated carbocycles. The maximum atomic E-state index is 14.3. The van der Waals surface area contributed by atoms with Gasteiger partial charge < -0.3 is 15.0 Å². The number of para-hydroxylation sites is 2. The molecule has 0 heterocycles. The predicted molar refractivity (Wildman–Crippen MR) is 120 cm³/mol. The summed E-state index contributed by atoms with van der Waals surface area (Å²) in [5, 5.41) is 2.64. The highest BCUT2D eigenvalue weighted by molar-refractivity contribution is 7.92. The largest absolute Gasteiger partial charge is 0.495 e. The van der Waals surface area contributed by atoms with E-state index in [1.54, 1.807) is 31.2 Å². The number of nitrogens with one attached hydrogen (secondary N) is 1. The Labute approximate surface area is 188 Å². The summed E-state index contributed by atoms with van der Waals surface area (Å²) in [6.45, 7) is 2.81. The maximum Gasteiger partial charge on any atom is 0.244 e. The number of ether oxygens (including phenoxy) is 1. The molecule has 0 saturated heterocycles. The van der Waals surface area contributed by atoms with Crippen LogP contribution in [0.4, 0.5) is 10.1 Å². The maximum absolute atomic E-state index is 14.3. The summed E-state index contributed by atoms with van der Waals surface area (Å²) in [5.74, 6) is -1.36. The lowest BCUT2D eigenvalue weighted by Gasteiger charge is -2.31. The molecule has 0 bridgehead atoms. The zero-order chi connectivity index (χ0) is 23.9. The van der Waals surface area contributed by atoms with Crippen LogP contribution < -0.4 is 14.4 Å². The Kier molecular flexibility index (Phi) is 8.59. The van der Waals surface area contributed by atoms with Crippen LogP contribution in [0.5, 0.6) is 5.75 Å². The molecule has 10 heteroatoms. The number of sulfonamides is 1. The van der Waals surface area contributed by atoms with Gasteiger partial charge in [0.2, 0.25) is 21.8 Å². The highest BCUT2D eigenvalue weighted by Gasteiger charge is 2.31. The molecule has 8 nitrogen and oxygen atoms in total. The Morgan fingerprint density at radius 3 is 2.34 bits per heavy atom. The Morgan fingerprint density at radius 2 is 1.75 bits per heavy atom. The molecule has 0 aliphatic heterocycles. The van der Waals surface area contributed by atoms with Crippen LogP contribution in [0.1, 0.15) is 19.4 Å². The van der Waals surface area contributed by atoms with Gasteiger partial charge in [0.05, 0.1) is 19.1 Å². The fraction of sp³-hybridized carbons (Fsp3) is 0.364. The lowest BCUT2D eigenvalue weighted by Crippen LogP contribution is -2.51. The number of benzene rings is 2. The summed E-state index contributed by atoms with van der Waals surface area (Å²) in [6, 6.07) is 11.3. The van der Waals surface area contributed by atoms with E-state index in [1.807, 2.05) is 0 Å². The second kappa shape index (κ2) is 10.9. The zero-order valence-corrected chi connectivity index (χ0v) is 19.4. The number of likely N-dealkylation sites (N-methyl/N-ethyl adjacent to an activating group) is 1. The van der Waals surface area contributed by atoms with Crippen LogP contribution in [0.25, 0.3) is 0 Å². The van der Waals surface area contributed by atoms with E-state index < -0.39 is 40.2 Å². The second-order valence-electron chi connectivity index (χ2n) is 7.13. The quantitative estimate of drug-likeness (QED) is 0.580. The van der Waals surface area contributed by atoms with E-state index in [0.717, 1.165) is 15.5 Å². The molecular weight excluding hydrogens is 437 g/mol. The van der Waals surface area contributed by atoms with Gasteiger partial charge in [0.1, 0.15) is 24.2 Å².